The first-order chi connectivity index (χ1) is 14.5. The molecule has 1 aliphatic carbocycles. The molecule has 1 saturated carbocycles. The molecule has 2 amide bonds. The molecule has 0 aliphatic heterocycles. The summed E-state index contributed by atoms with van der Waals surface area (Å²) in [6, 6.07) is 2.36. The molecule has 3 rings (SSSR count). The molecular weight excluding hydrogens is 422 g/mol. The SMILES string of the molecule is Cc1cc(C(=O)NCc2cc(F)c(OCC(F)(F)F)nc2C)nc(NC(=O)C2CC2)n1. The first kappa shape index (κ1) is 22.4. The van der Waals surface area contributed by atoms with Crippen molar-refractivity contribution in [2.45, 2.75) is 39.4 Å². The number of alkyl halides is 3. The molecule has 0 atom stereocenters. The molecule has 166 valence electrons. The van der Waals surface area contributed by atoms with Gasteiger partial charge in [0.1, 0.15) is 5.69 Å². The van der Waals surface area contributed by atoms with Gasteiger partial charge >= 0.3 is 6.18 Å². The summed E-state index contributed by atoms with van der Waals surface area (Å²) in [5.41, 5.74) is 0.893. The van der Waals surface area contributed by atoms with Crippen LogP contribution in [0.4, 0.5) is 23.5 Å². The van der Waals surface area contributed by atoms with Gasteiger partial charge in [-0.2, -0.15) is 13.2 Å². The summed E-state index contributed by atoms with van der Waals surface area (Å²) in [6.07, 6.45) is -3.02. The van der Waals surface area contributed by atoms with Gasteiger partial charge in [0, 0.05) is 23.9 Å². The maximum absolute atomic E-state index is 14.0. The second kappa shape index (κ2) is 8.82. The van der Waals surface area contributed by atoms with Crippen LogP contribution >= 0.6 is 0 Å². The number of amides is 2. The van der Waals surface area contributed by atoms with Crippen LogP contribution in [0, 0.1) is 25.6 Å². The molecular formula is C19H19F4N5O3. The van der Waals surface area contributed by atoms with Crippen molar-refractivity contribution in [2.24, 2.45) is 5.92 Å². The maximum atomic E-state index is 14.0. The van der Waals surface area contributed by atoms with Gasteiger partial charge in [-0.05, 0) is 44.4 Å². The van der Waals surface area contributed by atoms with E-state index in [9.17, 15) is 27.2 Å². The van der Waals surface area contributed by atoms with E-state index >= 15 is 0 Å². The van der Waals surface area contributed by atoms with Crippen LogP contribution in [0.15, 0.2) is 12.1 Å². The van der Waals surface area contributed by atoms with Crippen LogP contribution in [0.25, 0.3) is 0 Å². The molecule has 2 heterocycles. The van der Waals surface area contributed by atoms with E-state index in [0.717, 1.165) is 18.9 Å². The van der Waals surface area contributed by atoms with Crippen LogP contribution in [0.5, 0.6) is 5.88 Å². The van der Waals surface area contributed by atoms with Crippen LogP contribution in [0.3, 0.4) is 0 Å². The van der Waals surface area contributed by atoms with E-state index in [0.29, 0.717) is 5.69 Å². The second-order valence-electron chi connectivity index (χ2n) is 7.09. The molecule has 0 radical (unpaired) electrons. The van der Waals surface area contributed by atoms with Gasteiger partial charge < -0.3 is 10.1 Å². The Hall–Kier alpha value is -3.31. The third-order valence-electron chi connectivity index (χ3n) is 4.32. The summed E-state index contributed by atoms with van der Waals surface area (Å²) in [6.45, 7) is 1.26. The highest BCUT2D eigenvalue weighted by molar-refractivity contribution is 5.95. The van der Waals surface area contributed by atoms with Gasteiger partial charge in [0.15, 0.2) is 12.4 Å². The van der Waals surface area contributed by atoms with E-state index in [1.807, 2.05) is 0 Å². The van der Waals surface area contributed by atoms with Crippen molar-refractivity contribution in [3.8, 4) is 5.88 Å². The van der Waals surface area contributed by atoms with Crippen molar-refractivity contribution in [2.75, 3.05) is 11.9 Å². The highest BCUT2D eigenvalue weighted by Crippen LogP contribution is 2.29. The summed E-state index contributed by atoms with van der Waals surface area (Å²) in [7, 11) is 0. The summed E-state index contributed by atoms with van der Waals surface area (Å²) in [5, 5.41) is 5.10. The zero-order valence-corrected chi connectivity index (χ0v) is 16.6. The first-order valence-electron chi connectivity index (χ1n) is 9.32. The Morgan fingerprint density at radius 1 is 1.16 bits per heavy atom. The Balaban J connectivity index is 1.65. The van der Waals surface area contributed by atoms with Crippen LogP contribution in [0.1, 0.15) is 40.3 Å². The molecule has 0 aromatic carbocycles. The third-order valence-corrected chi connectivity index (χ3v) is 4.32. The van der Waals surface area contributed by atoms with Crippen LogP contribution < -0.4 is 15.4 Å². The topological polar surface area (TPSA) is 106 Å². The fourth-order valence-corrected chi connectivity index (χ4v) is 2.59. The number of nitrogens with zero attached hydrogens (tertiary/aromatic N) is 3. The number of anilines is 1. The van der Waals surface area contributed by atoms with Crippen molar-refractivity contribution in [1.82, 2.24) is 20.3 Å². The van der Waals surface area contributed by atoms with E-state index in [1.165, 1.54) is 13.0 Å². The number of aromatic nitrogens is 3. The van der Waals surface area contributed by atoms with Crippen molar-refractivity contribution in [3.63, 3.8) is 0 Å². The molecule has 0 saturated heterocycles. The number of halogens is 4. The normalized spacial score (nSPS) is 13.6. The third kappa shape index (κ3) is 6.33. The highest BCUT2D eigenvalue weighted by Gasteiger charge is 2.30. The Bertz CT molecular complexity index is 1010. The number of pyridine rings is 1. The van der Waals surface area contributed by atoms with E-state index in [4.69, 9.17) is 0 Å². The number of hydrogen-bond acceptors (Lipinski definition) is 6. The van der Waals surface area contributed by atoms with Crippen LogP contribution in [0.2, 0.25) is 0 Å². The Morgan fingerprint density at radius 2 is 1.87 bits per heavy atom. The van der Waals surface area contributed by atoms with Gasteiger partial charge in [-0.15, -0.1) is 0 Å². The second-order valence-corrected chi connectivity index (χ2v) is 7.09. The van der Waals surface area contributed by atoms with E-state index in [1.54, 1.807) is 6.92 Å². The van der Waals surface area contributed by atoms with Crippen molar-refractivity contribution in [3.05, 3.63) is 40.6 Å². The van der Waals surface area contributed by atoms with Gasteiger partial charge in [-0.3, -0.25) is 14.9 Å². The monoisotopic (exact) mass is 441 g/mol. The molecule has 12 heteroatoms. The Kier molecular flexibility index (Phi) is 6.37. The lowest BCUT2D eigenvalue weighted by atomic mass is 10.2. The molecule has 2 N–H and O–H groups in total. The standard InChI is InChI=1S/C19H19F4N5O3/c1-9-5-14(27-18(25-9)28-15(29)11-3-4-11)16(30)24-7-12-6-13(20)17(26-10(12)2)31-8-19(21,22)23/h5-6,11H,3-4,7-8H2,1-2H3,(H,24,30)(H,25,27,28,29). The van der Waals surface area contributed by atoms with Crippen LogP contribution in [-0.4, -0.2) is 39.5 Å². The quantitative estimate of drug-likeness (QED) is 0.640. The Morgan fingerprint density at radius 3 is 2.52 bits per heavy atom. The van der Waals surface area contributed by atoms with E-state index in [2.05, 4.69) is 30.3 Å². The minimum Gasteiger partial charge on any atom is -0.466 e. The lowest BCUT2D eigenvalue weighted by molar-refractivity contribution is -0.154. The zero-order chi connectivity index (χ0) is 22.8. The van der Waals surface area contributed by atoms with Gasteiger partial charge in [-0.25, -0.2) is 19.3 Å². The van der Waals surface area contributed by atoms with Crippen molar-refractivity contribution in [1.29, 1.82) is 0 Å². The van der Waals surface area contributed by atoms with Crippen LogP contribution in [-0.2, 0) is 11.3 Å². The fraction of sp³-hybridized carbons (Fsp3) is 0.421. The largest absolute Gasteiger partial charge is 0.466 e. The summed E-state index contributed by atoms with van der Waals surface area (Å²) in [5.74, 6) is -2.71. The molecule has 31 heavy (non-hydrogen) atoms. The molecule has 1 fully saturated rings. The maximum Gasteiger partial charge on any atom is 0.422 e. The molecule has 8 nitrogen and oxygen atoms in total. The number of carbonyl (C=O) groups excluding carboxylic acids is 2. The summed E-state index contributed by atoms with van der Waals surface area (Å²) >= 11 is 0. The highest BCUT2D eigenvalue weighted by atomic mass is 19.4. The van der Waals surface area contributed by atoms with Crippen molar-refractivity contribution >= 4 is 17.8 Å². The van der Waals surface area contributed by atoms with E-state index in [-0.39, 0.29) is 41.3 Å². The average molecular weight is 441 g/mol. The molecule has 0 bridgehead atoms. The summed E-state index contributed by atoms with van der Waals surface area (Å²) < 4.78 is 55.1. The minimum atomic E-state index is -4.62. The van der Waals surface area contributed by atoms with E-state index < -0.39 is 30.4 Å². The Labute approximate surface area is 174 Å². The van der Waals surface area contributed by atoms with Gasteiger partial charge in [0.2, 0.25) is 11.9 Å². The molecule has 2 aromatic rings. The number of nitrogens with one attached hydrogen (secondary N) is 2. The average Bonchev–Trinajstić information content (AvgIpc) is 3.51. The smallest absolute Gasteiger partial charge is 0.422 e. The van der Waals surface area contributed by atoms with Gasteiger partial charge in [-0.1, -0.05) is 0 Å². The minimum absolute atomic E-state index is 0.00480. The van der Waals surface area contributed by atoms with Gasteiger partial charge in [0.25, 0.3) is 11.8 Å². The first-order valence-corrected chi connectivity index (χ1v) is 9.32. The lowest BCUT2D eigenvalue weighted by Crippen LogP contribution is -2.26. The number of hydrogen-bond donors (Lipinski definition) is 2. The number of rotatable bonds is 7. The molecule has 2 aromatic heterocycles. The molecule has 0 unspecified atom stereocenters. The molecule has 0 spiro atoms. The zero-order valence-electron chi connectivity index (χ0n) is 16.6. The summed E-state index contributed by atoms with van der Waals surface area (Å²) in [4.78, 5) is 36.1. The number of ether oxygens (including phenoxy) is 1. The lowest BCUT2D eigenvalue weighted by Gasteiger charge is -2.12. The number of aryl methyl sites for hydroxylation is 2. The van der Waals surface area contributed by atoms with Gasteiger partial charge in [0.05, 0.1) is 0 Å². The predicted octanol–water partition coefficient (Wildman–Crippen LogP) is 2.85. The number of carbonyl (C=O) groups is 2. The predicted molar refractivity (Wildman–Crippen MR) is 99.8 cm³/mol. The van der Waals surface area contributed by atoms with Crippen molar-refractivity contribution < 1.29 is 31.9 Å². The fourth-order valence-electron chi connectivity index (χ4n) is 2.59. The molecule has 1 aliphatic rings.